The molecule has 0 aliphatic carbocycles. The van der Waals surface area contributed by atoms with Crippen LogP contribution in [0.5, 0.6) is 0 Å². The smallest absolute Gasteiger partial charge is 0.246 e. The van der Waals surface area contributed by atoms with Gasteiger partial charge in [-0.1, -0.05) is 12.1 Å². The molecule has 9 heteroatoms. The lowest BCUT2D eigenvalue weighted by Gasteiger charge is -2.35. The first-order valence-corrected chi connectivity index (χ1v) is 10.5. The predicted octanol–water partition coefficient (Wildman–Crippen LogP) is 1.89. The molecule has 8 nitrogen and oxygen atoms in total. The van der Waals surface area contributed by atoms with Gasteiger partial charge in [0.15, 0.2) is 5.96 Å². The van der Waals surface area contributed by atoms with E-state index < -0.39 is 0 Å². The van der Waals surface area contributed by atoms with Crippen molar-refractivity contribution in [3.63, 3.8) is 0 Å². The minimum absolute atomic E-state index is 0.0571. The molecular weight excluding hydrogens is 386 g/mol. The fourth-order valence-corrected chi connectivity index (χ4v) is 4.48. The molecule has 1 aliphatic heterocycles. The zero-order valence-corrected chi connectivity index (χ0v) is 17.5. The fourth-order valence-electron chi connectivity index (χ4n) is 3.47. The number of aryl methyl sites for hydroxylation is 2. The molecule has 0 saturated carbocycles. The third-order valence-electron chi connectivity index (χ3n) is 4.92. The van der Waals surface area contributed by atoms with Crippen LogP contribution < -0.4 is 10.2 Å². The van der Waals surface area contributed by atoms with Crippen molar-refractivity contribution in [1.82, 2.24) is 25.0 Å². The Morgan fingerprint density at radius 1 is 1.31 bits per heavy atom. The molecule has 1 aromatic carbocycles. The van der Waals surface area contributed by atoms with Gasteiger partial charge in [0.05, 0.1) is 27.1 Å². The molecular formula is C20H25N7OS. The van der Waals surface area contributed by atoms with E-state index in [4.69, 9.17) is 0 Å². The van der Waals surface area contributed by atoms with Gasteiger partial charge >= 0.3 is 0 Å². The van der Waals surface area contributed by atoms with E-state index in [1.807, 2.05) is 30.3 Å². The van der Waals surface area contributed by atoms with Crippen LogP contribution in [-0.2, 0) is 18.3 Å². The average Bonchev–Trinajstić information content (AvgIpc) is 3.33. The highest BCUT2D eigenvalue weighted by molar-refractivity contribution is 7.18. The number of thiazole rings is 1. The van der Waals surface area contributed by atoms with E-state index in [0.717, 1.165) is 48.1 Å². The van der Waals surface area contributed by atoms with E-state index in [9.17, 15) is 4.79 Å². The van der Waals surface area contributed by atoms with Crippen LogP contribution in [0, 0.1) is 0 Å². The second kappa shape index (κ2) is 8.60. The van der Waals surface area contributed by atoms with Gasteiger partial charge in [0.1, 0.15) is 6.54 Å². The van der Waals surface area contributed by atoms with Gasteiger partial charge in [0.25, 0.3) is 0 Å². The second-order valence-corrected chi connectivity index (χ2v) is 8.11. The normalized spacial score (nSPS) is 15.4. The monoisotopic (exact) mass is 411 g/mol. The summed E-state index contributed by atoms with van der Waals surface area (Å²) in [5.74, 6) is 0.829. The Morgan fingerprint density at radius 2 is 2.17 bits per heavy atom. The number of hydrogen-bond acceptors (Lipinski definition) is 5. The number of nitrogens with zero attached hydrogens (tertiary/aromatic N) is 6. The van der Waals surface area contributed by atoms with Crippen LogP contribution in [0.25, 0.3) is 10.2 Å². The molecule has 3 aromatic rings. The Balaban J connectivity index is 1.26. The number of carbonyl (C=O) groups is 1. The molecule has 2 aromatic heterocycles. The minimum Gasteiger partial charge on any atom is -0.356 e. The molecule has 1 fully saturated rings. The number of benzene rings is 1. The standard InChI is InChI=1S/C20H25N7OS/c1-21-20(22-9-5-8-18-24-16-6-3-4-7-17(16)29-18)26-10-11-27(19(28)14-26)15-12-23-25(2)13-15/h3-4,6-7,12-13H,5,8-11,14H2,1-2H3,(H,21,22). The van der Waals surface area contributed by atoms with Crippen LogP contribution in [0.15, 0.2) is 41.7 Å². The van der Waals surface area contributed by atoms with Crippen LogP contribution in [0.2, 0.25) is 0 Å². The van der Waals surface area contributed by atoms with Crippen LogP contribution >= 0.6 is 11.3 Å². The molecule has 4 rings (SSSR count). The van der Waals surface area contributed by atoms with Gasteiger partial charge < -0.3 is 15.1 Å². The molecule has 0 bridgehead atoms. The highest BCUT2D eigenvalue weighted by Gasteiger charge is 2.27. The molecule has 0 unspecified atom stereocenters. The first kappa shape index (κ1) is 19.4. The third-order valence-corrected chi connectivity index (χ3v) is 6.02. The van der Waals surface area contributed by atoms with Crippen molar-refractivity contribution in [3.8, 4) is 0 Å². The number of fused-ring (bicyclic) bond motifs is 1. The number of rotatable bonds is 5. The van der Waals surface area contributed by atoms with E-state index in [1.54, 1.807) is 34.2 Å². The Morgan fingerprint density at radius 3 is 2.90 bits per heavy atom. The molecule has 0 radical (unpaired) electrons. The summed E-state index contributed by atoms with van der Waals surface area (Å²) in [6.45, 7) is 2.46. The summed E-state index contributed by atoms with van der Waals surface area (Å²) in [6, 6.07) is 8.23. The van der Waals surface area contributed by atoms with Gasteiger partial charge in [-0.05, 0) is 18.6 Å². The lowest BCUT2D eigenvalue weighted by molar-refractivity contribution is -0.120. The largest absolute Gasteiger partial charge is 0.356 e. The van der Waals surface area contributed by atoms with Gasteiger partial charge in [0.2, 0.25) is 5.91 Å². The summed E-state index contributed by atoms with van der Waals surface area (Å²) < 4.78 is 2.94. The van der Waals surface area contributed by atoms with Crippen molar-refractivity contribution >= 4 is 39.1 Å². The summed E-state index contributed by atoms with van der Waals surface area (Å²) in [6.07, 6.45) is 5.48. The van der Waals surface area contributed by atoms with Gasteiger partial charge in [0, 0.05) is 46.3 Å². The number of aromatic nitrogens is 3. The van der Waals surface area contributed by atoms with Crippen molar-refractivity contribution in [2.24, 2.45) is 12.0 Å². The number of guanidine groups is 1. The van der Waals surface area contributed by atoms with Crippen molar-refractivity contribution in [1.29, 1.82) is 0 Å². The maximum Gasteiger partial charge on any atom is 0.246 e. The van der Waals surface area contributed by atoms with E-state index in [1.165, 1.54) is 4.70 Å². The molecule has 1 N–H and O–H groups in total. The molecule has 0 spiro atoms. The summed E-state index contributed by atoms with van der Waals surface area (Å²) >= 11 is 1.75. The van der Waals surface area contributed by atoms with E-state index in [-0.39, 0.29) is 5.91 Å². The number of piperazine rings is 1. The van der Waals surface area contributed by atoms with Gasteiger partial charge in [-0.15, -0.1) is 11.3 Å². The maximum absolute atomic E-state index is 12.6. The summed E-state index contributed by atoms with van der Waals surface area (Å²) in [5, 5.41) is 8.70. The summed E-state index contributed by atoms with van der Waals surface area (Å²) in [4.78, 5) is 25.4. The first-order chi connectivity index (χ1) is 14.1. The number of hydrogen-bond donors (Lipinski definition) is 1. The molecule has 1 saturated heterocycles. The second-order valence-electron chi connectivity index (χ2n) is 6.99. The maximum atomic E-state index is 12.6. The Kier molecular flexibility index (Phi) is 5.75. The Bertz CT molecular complexity index is 992. The first-order valence-electron chi connectivity index (χ1n) is 9.73. The van der Waals surface area contributed by atoms with E-state index >= 15 is 0 Å². The SMILES string of the molecule is CN=C(NCCCc1nc2ccccc2s1)N1CCN(c2cnn(C)c2)C(=O)C1. The quantitative estimate of drug-likeness (QED) is 0.394. The lowest BCUT2D eigenvalue weighted by Crippen LogP contribution is -2.55. The summed E-state index contributed by atoms with van der Waals surface area (Å²) in [5.41, 5.74) is 1.91. The van der Waals surface area contributed by atoms with E-state index in [2.05, 4.69) is 32.5 Å². The Hall–Kier alpha value is -2.94. The average molecular weight is 412 g/mol. The summed E-state index contributed by atoms with van der Waals surface area (Å²) in [7, 11) is 3.61. The molecule has 1 amide bonds. The highest BCUT2D eigenvalue weighted by atomic mass is 32.1. The number of para-hydroxylation sites is 1. The number of aliphatic imine (C=N–C) groups is 1. The van der Waals surface area contributed by atoms with Crippen LogP contribution in [-0.4, -0.2) is 64.8 Å². The predicted molar refractivity (Wildman–Crippen MR) is 116 cm³/mol. The molecule has 0 atom stereocenters. The molecule has 152 valence electrons. The number of anilines is 1. The topological polar surface area (TPSA) is 78.7 Å². The van der Waals surface area contributed by atoms with Crippen molar-refractivity contribution < 1.29 is 4.79 Å². The third kappa shape index (κ3) is 4.40. The van der Waals surface area contributed by atoms with Gasteiger partial charge in [-0.25, -0.2) is 4.98 Å². The van der Waals surface area contributed by atoms with Crippen LogP contribution in [0.4, 0.5) is 5.69 Å². The van der Waals surface area contributed by atoms with Crippen LogP contribution in [0.3, 0.4) is 0 Å². The number of amides is 1. The van der Waals surface area contributed by atoms with Gasteiger partial charge in [-0.2, -0.15) is 5.10 Å². The zero-order valence-electron chi connectivity index (χ0n) is 16.7. The van der Waals surface area contributed by atoms with Crippen molar-refractivity contribution in [3.05, 3.63) is 41.7 Å². The molecule has 29 heavy (non-hydrogen) atoms. The van der Waals surface area contributed by atoms with Gasteiger partial charge in [-0.3, -0.25) is 14.5 Å². The van der Waals surface area contributed by atoms with Crippen LogP contribution in [0.1, 0.15) is 11.4 Å². The number of nitrogens with one attached hydrogen (secondary N) is 1. The molecule has 1 aliphatic rings. The minimum atomic E-state index is 0.0571. The fraction of sp³-hybridized carbons (Fsp3) is 0.400. The van der Waals surface area contributed by atoms with Crippen molar-refractivity contribution in [2.45, 2.75) is 12.8 Å². The highest BCUT2D eigenvalue weighted by Crippen LogP contribution is 2.22. The van der Waals surface area contributed by atoms with Crippen molar-refractivity contribution in [2.75, 3.05) is 38.1 Å². The molecule has 3 heterocycles. The van der Waals surface area contributed by atoms with E-state index in [0.29, 0.717) is 13.1 Å². The zero-order chi connectivity index (χ0) is 20.2. The Labute approximate surface area is 173 Å². The number of carbonyl (C=O) groups excluding carboxylic acids is 1. The lowest BCUT2D eigenvalue weighted by atomic mass is 10.3.